The highest BCUT2D eigenvalue weighted by Crippen LogP contribution is 2.45. The summed E-state index contributed by atoms with van der Waals surface area (Å²) in [6, 6.07) is 0. The van der Waals surface area contributed by atoms with Gasteiger partial charge in [0.2, 0.25) is 0 Å². The van der Waals surface area contributed by atoms with Crippen LogP contribution in [0.2, 0.25) is 0 Å². The molecule has 0 aliphatic heterocycles. The molecule has 0 amide bonds. The lowest BCUT2D eigenvalue weighted by atomic mass is 9.99. The summed E-state index contributed by atoms with van der Waals surface area (Å²) in [5, 5.41) is 10.6. The van der Waals surface area contributed by atoms with Crippen molar-refractivity contribution in [2.45, 2.75) is 407 Å². The highest BCUT2D eigenvalue weighted by Gasteiger charge is 2.30. The first kappa shape index (κ1) is 92.1. The minimum absolute atomic E-state index is 0.107. The monoisotopic (exact) mass is 1380 g/mol. The fraction of sp³-hybridized carbons (Fsp3) is 0.947. The van der Waals surface area contributed by atoms with E-state index in [4.69, 9.17) is 37.0 Å². The largest absolute Gasteiger partial charge is 0.472 e. The molecule has 0 aromatic rings. The molecule has 0 aliphatic carbocycles. The zero-order chi connectivity index (χ0) is 69.3. The molecule has 0 aromatic carbocycles. The number of ether oxygens (including phenoxy) is 4. The molecular weight excluding hydrogens is 1230 g/mol. The standard InChI is InChI=1S/C75H146O17P2/c1-7-10-12-14-16-18-20-22-23-24-25-26-27-29-35-41-48-54-60-75(80)91-70(63-85-72(77)57-51-45-39-33-31-30-32-38-44-50-56-68(6)9-3)65-89-93(81,82)87-61-69(76)62-88-94(83,84)90-66-71(64-86-73(78)58-52-46-42-36-37-43-49-55-67(4)5)92-74(79)59-53-47-40-34-28-21-19-17-15-13-11-8-2/h67-71,76H,7-66H2,1-6H3,(H,81,82)(H,83,84)/t68?,69-,70-,71-/m1/s1. The van der Waals surface area contributed by atoms with Gasteiger partial charge in [0.1, 0.15) is 19.3 Å². The van der Waals surface area contributed by atoms with Crippen molar-refractivity contribution < 1.29 is 80.2 Å². The van der Waals surface area contributed by atoms with Crippen LogP contribution in [0.25, 0.3) is 0 Å². The van der Waals surface area contributed by atoms with Crippen molar-refractivity contribution in [1.29, 1.82) is 0 Å². The van der Waals surface area contributed by atoms with Crippen molar-refractivity contribution in [2.24, 2.45) is 11.8 Å². The summed E-state index contributed by atoms with van der Waals surface area (Å²) >= 11 is 0. The van der Waals surface area contributed by atoms with Crippen molar-refractivity contribution in [3.8, 4) is 0 Å². The average molecular weight is 1380 g/mol. The van der Waals surface area contributed by atoms with Gasteiger partial charge in [0, 0.05) is 25.7 Å². The van der Waals surface area contributed by atoms with Gasteiger partial charge in [-0.1, -0.05) is 337 Å². The molecule has 0 fully saturated rings. The zero-order valence-corrected chi connectivity index (χ0v) is 63.1. The maximum Gasteiger partial charge on any atom is 0.472 e. The Morgan fingerprint density at radius 3 is 0.809 bits per heavy atom. The van der Waals surface area contributed by atoms with E-state index >= 15 is 0 Å². The van der Waals surface area contributed by atoms with Crippen LogP contribution < -0.4 is 0 Å². The minimum Gasteiger partial charge on any atom is -0.462 e. The normalized spacial score (nSPS) is 14.3. The SMILES string of the molecule is CCCCCCCCCCCCCCCCCCCCC(=O)O[C@H](COC(=O)CCCCCCCCCCCCC(C)CC)COP(=O)(O)OC[C@@H](O)COP(=O)(O)OC[C@@H](COC(=O)CCCCCCCCCC(C)C)OC(=O)CCCCCCCCCCCCCC. The Morgan fingerprint density at radius 1 is 0.309 bits per heavy atom. The molecule has 3 N–H and O–H groups in total. The molecule has 0 aromatic heterocycles. The second-order valence-corrected chi connectivity index (χ2v) is 30.7. The summed E-state index contributed by atoms with van der Waals surface area (Å²) in [6.07, 6.45) is 54.1. The van der Waals surface area contributed by atoms with E-state index in [1.165, 1.54) is 199 Å². The number of phosphoric ester groups is 2. The Bertz CT molecular complexity index is 1820. The summed E-state index contributed by atoms with van der Waals surface area (Å²) in [4.78, 5) is 72.8. The highest BCUT2D eigenvalue weighted by atomic mass is 31.2. The van der Waals surface area contributed by atoms with Crippen LogP contribution >= 0.6 is 15.6 Å². The van der Waals surface area contributed by atoms with Gasteiger partial charge in [-0.2, -0.15) is 0 Å². The van der Waals surface area contributed by atoms with Crippen molar-refractivity contribution in [3.63, 3.8) is 0 Å². The van der Waals surface area contributed by atoms with Crippen LogP contribution in [0.15, 0.2) is 0 Å². The van der Waals surface area contributed by atoms with Crippen molar-refractivity contribution in [2.75, 3.05) is 39.6 Å². The van der Waals surface area contributed by atoms with Gasteiger partial charge >= 0.3 is 39.5 Å². The van der Waals surface area contributed by atoms with Crippen LogP contribution in [0, 0.1) is 11.8 Å². The molecule has 6 atom stereocenters. The first-order valence-electron chi connectivity index (χ1n) is 39.0. The van der Waals surface area contributed by atoms with E-state index in [9.17, 15) is 43.2 Å². The number of esters is 4. The van der Waals surface area contributed by atoms with E-state index in [-0.39, 0.29) is 25.7 Å². The maximum absolute atomic E-state index is 13.1. The summed E-state index contributed by atoms with van der Waals surface area (Å²) in [6.45, 7) is 9.56. The molecule has 0 aliphatic rings. The van der Waals surface area contributed by atoms with Gasteiger partial charge in [-0.15, -0.1) is 0 Å². The van der Waals surface area contributed by atoms with Crippen LogP contribution in [0.4, 0.5) is 0 Å². The molecule has 94 heavy (non-hydrogen) atoms. The first-order valence-corrected chi connectivity index (χ1v) is 42.0. The Labute approximate surface area is 575 Å². The van der Waals surface area contributed by atoms with Crippen LogP contribution in [-0.4, -0.2) is 96.7 Å². The van der Waals surface area contributed by atoms with Gasteiger partial charge in [0.15, 0.2) is 12.2 Å². The Balaban J connectivity index is 5.24. The summed E-state index contributed by atoms with van der Waals surface area (Å²) in [7, 11) is -9.91. The van der Waals surface area contributed by atoms with E-state index in [1.807, 2.05) is 0 Å². The number of rotatable bonds is 74. The number of carbonyl (C=O) groups excluding carboxylic acids is 4. The second-order valence-electron chi connectivity index (χ2n) is 27.8. The van der Waals surface area contributed by atoms with Crippen LogP contribution in [0.3, 0.4) is 0 Å². The summed E-state index contributed by atoms with van der Waals surface area (Å²) in [5.41, 5.74) is 0. The Kier molecular flexibility index (Phi) is 65.5. The lowest BCUT2D eigenvalue weighted by Gasteiger charge is -2.21. The highest BCUT2D eigenvalue weighted by molar-refractivity contribution is 7.47. The van der Waals surface area contributed by atoms with Crippen molar-refractivity contribution in [3.05, 3.63) is 0 Å². The molecule has 17 nitrogen and oxygen atoms in total. The van der Waals surface area contributed by atoms with Gasteiger partial charge in [0.05, 0.1) is 26.4 Å². The third kappa shape index (κ3) is 67.3. The van der Waals surface area contributed by atoms with Crippen molar-refractivity contribution in [1.82, 2.24) is 0 Å². The molecule has 19 heteroatoms. The molecule has 0 spiro atoms. The number of aliphatic hydroxyl groups is 1. The van der Waals surface area contributed by atoms with Gasteiger partial charge < -0.3 is 33.8 Å². The fourth-order valence-electron chi connectivity index (χ4n) is 11.4. The lowest BCUT2D eigenvalue weighted by Crippen LogP contribution is -2.30. The minimum atomic E-state index is -4.96. The molecule has 0 rings (SSSR count). The smallest absolute Gasteiger partial charge is 0.462 e. The van der Waals surface area contributed by atoms with E-state index in [1.54, 1.807) is 0 Å². The quantitative estimate of drug-likeness (QED) is 0.0222. The number of unbranched alkanes of at least 4 members (excludes halogenated alkanes) is 43. The second kappa shape index (κ2) is 66.9. The third-order valence-electron chi connectivity index (χ3n) is 17.8. The third-order valence-corrected chi connectivity index (χ3v) is 19.7. The van der Waals surface area contributed by atoms with Crippen LogP contribution in [0.5, 0.6) is 0 Å². The molecule has 0 bridgehead atoms. The van der Waals surface area contributed by atoms with E-state index < -0.39 is 97.5 Å². The van der Waals surface area contributed by atoms with Gasteiger partial charge in [-0.3, -0.25) is 37.3 Å². The molecule has 0 saturated carbocycles. The Hall–Kier alpha value is -1.94. The molecule has 0 saturated heterocycles. The van der Waals surface area contributed by atoms with E-state index in [0.29, 0.717) is 31.6 Å². The number of phosphoric acid groups is 2. The zero-order valence-electron chi connectivity index (χ0n) is 61.3. The predicted molar refractivity (Wildman–Crippen MR) is 381 cm³/mol. The van der Waals surface area contributed by atoms with E-state index in [0.717, 1.165) is 102 Å². The fourth-order valence-corrected chi connectivity index (χ4v) is 13.0. The number of hydrogen-bond donors (Lipinski definition) is 3. The van der Waals surface area contributed by atoms with Gasteiger partial charge in [-0.25, -0.2) is 9.13 Å². The number of hydrogen-bond acceptors (Lipinski definition) is 15. The topological polar surface area (TPSA) is 237 Å². The predicted octanol–water partition coefficient (Wildman–Crippen LogP) is 21.9. The molecule has 558 valence electrons. The lowest BCUT2D eigenvalue weighted by molar-refractivity contribution is -0.161. The van der Waals surface area contributed by atoms with Crippen molar-refractivity contribution >= 4 is 39.5 Å². The molecule has 3 unspecified atom stereocenters. The first-order chi connectivity index (χ1) is 45.4. The summed E-state index contributed by atoms with van der Waals surface area (Å²) < 4.78 is 68.5. The molecule has 0 radical (unpaired) electrons. The number of aliphatic hydroxyl groups excluding tert-OH is 1. The number of carbonyl (C=O) groups is 4. The summed E-state index contributed by atoms with van der Waals surface area (Å²) in [5.74, 6) is -0.602. The molecule has 0 heterocycles. The average Bonchev–Trinajstić information content (AvgIpc) is 1.35. The van der Waals surface area contributed by atoms with Gasteiger partial charge in [-0.05, 0) is 37.5 Å². The van der Waals surface area contributed by atoms with E-state index in [2.05, 4.69) is 41.5 Å². The van der Waals surface area contributed by atoms with Crippen LogP contribution in [0.1, 0.15) is 388 Å². The Morgan fingerprint density at radius 2 is 0.543 bits per heavy atom. The van der Waals surface area contributed by atoms with Gasteiger partial charge in [0.25, 0.3) is 0 Å². The van der Waals surface area contributed by atoms with Crippen LogP contribution in [-0.2, 0) is 65.4 Å². The maximum atomic E-state index is 13.1. The molecular formula is C75H146O17P2.